The summed E-state index contributed by atoms with van der Waals surface area (Å²) in [5, 5.41) is 0. The first-order valence-corrected chi connectivity index (χ1v) is 14.1. The minimum absolute atomic E-state index is 0.102. The van der Waals surface area contributed by atoms with Crippen molar-refractivity contribution in [3.8, 4) is 5.75 Å². The second-order valence-electron chi connectivity index (χ2n) is 10.9. The second-order valence-corrected chi connectivity index (χ2v) is 10.9. The molecule has 0 saturated carbocycles. The maximum absolute atomic E-state index is 12.5. The minimum atomic E-state index is -0.126. The molecule has 0 bridgehead atoms. The van der Waals surface area contributed by atoms with Crippen molar-refractivity contribution in [1.82, 2.24) is 0 Å². The van der Waals surface area contributed by atoms with Gasteiger partial charge in [0.25, 0.3) is 0 Å². The van der Waals surface area contributed by atoms with Gasteiger partial charge in [-0.3, -0.25) is 4.79 Å². The molecular weight excluding hydrogens is 446 g/mol. The number of ether oxygens (including phenoxy) is 2. The molecule has 0 fully saturated rings. The van der Waals surface area contributed by atoms with E-state index in [1.807, 2.05) is 19.1 Å². The molecule has 0 aromatic heterocycles. The molecule has 4 heteroatoms. The van der Waals surface area contributed by atoms with E-state index >= 15 is 0 Å². The van der Waals surface area contributed by atoms with Gasteiger partial charge in [-0.2, -0.15) is 0 Å². The number of para-hydroxylation sites is 1. The number of hydrogen-bond donors (Lipinski definition) is 0. The molecule has 36 heavy (non-hydrogen) atoms. The van der Waals surface area contributed by atoms with Crippen molar-refractivity contribution < 1.29 is 18.8 Å². The topological polar surface area (TPSA) is 35.5 Å². The van der Waals surface area contributed by atoms with Crippen molar-refractivity contribution in [3.63, 3.8) is 0 Å². The fourth-order valence-electron chi connectivity index (χ4n) is 4.78. The first kappa shape index (κ1) is 29.9. The fourth-order valence-corrected chi connectivity index (χ4v) is 4.78. The Morgan fingerprint density at radius 3 is 2.19 bits per heavy atom. The van der Waals surface area contributed by atoms with Crippen LogP contribution in [-0.4, -0.2) is 44.3 Å². The molecule has 200 valence electrons. The Kier molecular flexibility index (Phi) is 14.3. The molecule has 0 radical (unpaired) electrons. The maximum Gasteiger partial charge on any atom is 0.314 e. The van der Waals surface area contributed by atoms with E-state index in [4.69, 9.17) is 9.47 Å². The fraction of sp³-hybridized carbons (Fsp3) is 0.594. The summed E-state index contributed by atoms with van der Waals surface area (Å²) in [5.74, 6) is 0.779. The molecule has 1 unspecified atom stereocenters. The van der Waals surface area contributed by atoms with Crippen LogP contribution < -0.4 is 4.74 Å². The maximum atomic E-state index is 12.5. The van der Waals surface area contributed by atoms with Crippen LogP contribution in [0.4, 0.5) is 0 Å². The average Bonchev–Trinajstić information content (AvgIpc) is 2.86. The molecule has 0 spiro atoms. The van der Waals surface area contributed by atoms with Crippen molar-refractivity contribution in [2.45, 2.75) is 84.6 Å². The third-order valence-corrected chi connectivity index (χ3v) is 6.69. The number of rotatable bonds is 19. The molecule has 0 N–H and O–H groups in total. The number of benzene rings is 2. The average molecular weight is 497 g/mol. The molecular formula is C32H50NO3+. The first-order chi connectivity index (χ1) is 17.4. The van der Waals surface area contributed by atoms with Crippen LogP contribution in [0.5, 0.6) is 5.75 Å². The van der Waals surface area contributed by atoms with Crippen LogP contribution >= 0.6 is 0 Å². The van der Waals surface area contributed by atoms with E-state index in [-0.39, 0.29) is 11.9 Å². The van der Waals surface area contributed by atoms with Gasteiger partial charge in [0.1, 0.15) is 18.2 Å². The van der Waals surface area contributed by atoms with E-state index in [0.717, 1.165) is 42.6 Å². The first-order valence-electron chi connectivity index (χ1n) is 14.1. The van der Waals surface area contributed by atoms with Crippen LogP contribution in [0.15, 0.2) is 54.6 Å². The number of aryl methyl sites for hydroxylation is 1. The van der Waals surface area contributed by atoms with Gasteiger partial charge in [-0.05, 0) is 44.2 Å². The monoisotopic (exact) mass is 496 g/mol. The van der Waals surface area contributed by atoms with E-state index in [2.05, 4.69) is 63.5 Å². The molecule has 2 aromatic carbocycles. The van der Waals surface area contributed by atoms with Crippen LogP contribution in [0, 0.1) is 5.92 Å². The zero-order chi connectivity index (χ0) is 26.1. The number of unbranched alkanes of at least 4 members (excludes halogenated alkanes) is 7. The summed E-state index contributed by atoms with van der Waals surface area (Å²) in [7, 11) is 4.33. The standard InChI is InChI=1S/C32H50NO3/c1-5-6-7-8-9-10-14-21-30-22-15-16-23-31(30)35-24-17-18-25-36-32(34)28(2)26-33(3,4)27-29-19-12-11-13-20-29/h11-13,15-16,19-20,22-23,28H,5-10,14,17-18,21,24-27H2,1-4H3/q+1. The summed E-state index contributed by atoms with van der Waals surface area (Å²) >= 11 is 0. The smallest absolute Gasteiger partial charge is 0.314 e. The highest BCUT2D eigenvalue weighted by Gasteiger charge is 2.25. The van der Waals surface area contributed by atoms with Gasteiger partial charge in [-0.1, -0.05) is 94.0 Å². The Labute approximate surface area is 220 Å². The quantitative estimate of drug-likeness (QED) is 0.114. The summed E-state index contributed by atoms with van der Waals surface area (Å²) in [4.78, 5) is 12.5. The number of nitrogens with zero attached hydrogens (tertiary/aromatic N) is 1. The third-order valence-electron chi connectivity index (χ3n) is 6.69. The molecule has 2 aromatic rings. The van der Waals surface area contributed by atoms with Crippen LogP contribution in [-0.2, 0) is 22.5 Å². The molecule has 0 amide bonds. The zero-order valence-corrected chi connectivity index (χ0v) is 23.3. The number of esters is 1. The van der Waals surface area contributed by atoms with Crippen LogP contribution in [0.2, 0.25) is 0 Å². The van der Waals surface area contributed by atoms with E-state index in [1.54, 1.807) is 0 Å². The van der Waals surface area contributed by atoms with Crippen LogP contribution in [0.3, 0.4) is 0 Å². The molecule has 0 saturated heterocycles. The highest BCUT2D eigenvalue weighted by atomic mass is 16.5. The van der Waals surface area contributed by atoms with Crippen molar-refractivity contribution in [2.75, 3.05) is 33.9 Å². The number of quaternary nitrogens is 1. The van der Waals surface area contributed by atoms with Crippen molar-refractivity contribution >= 4 is 5.97 Å². The van der Waals surface area contributed by atoms with Crippen LogP contribution in [0.1, 0.15) is 82.8 Å². The SMILES string of the molecule is CCCCCCCCCc1ccccc1OCCCCOC(=O)C(C)C[N+](C)(C)Cc1ccccc1. The van der Waals surface area contributed by atoms with Crippen molar-refractivity contribution in [3.05, 3.63) is 65.7 Å². The summed E-state index contributed by atoms with van der Waals surface area (Å²) in [6.07, 6.45) is 12.0. The molecule has 0 heterocycles. The zero-order valence-electron chi connectivity index (χ0n) is 23.3. The predicted molar refractivity (Wildman–Crippen MR) is 150 cm³/mol. The highest BCUT2D eigenvalue weighted by molar-refractivity contribution is 5.72. The Morgan fingerprint density at radius 2 is 1.44 bits per heavy atom. The van der Waals surface area contributed by atoms with Crippen molar-refractivity contribution in [1.29, 1.82) is 0 Å². The highest BCUT2D eigenvalue weighted by Crippen LogP contribution is 2.21. The van der Waals surface area contributed by atoms with Crippen LogP contribution in [0.25, 0.3) is 0 Å². The summed E-state index contributed by atoms with van der Waals surface area (Å²) in [6.45, 7) is 7.00. The largest absolute Gasteiger partial charge is 0.493 e. The number of carbonyl (C=O) groups is 1. The Morgan fingerprint density at radius 1 is 0.806 bits per heavy atom. The molecule has 0 aliphatic rings. The molecule has 0 aliphatic carbocycles. The van der Waals surface area contributed by atoms with Gasteiger partial charge >= 0.3 is 5.97 Å². The number of hydrogen-bond acceptors (Lipinski definition) is 3. The lowest BCUT2D eigenvalue weighted by molar-refractivity contribution is -0.905. The minimum Gasteiger partial charge on any atom is -0.493 e. The lowest BCUT2D eigenvalue weighted by Crippen LogP contribution is -2.44. The molecule has 0 aliphatic heterocycles. The molecule has 4 nitrogen and oxygen atoms in total. The van der Waals surface area contributed by atoms with E-state index in [9.17, 15) is 4.79 Å². The van der Waals surface area contributed by atoms with E-state index in [1.165, 1.54) is 56.1 Å². The van der Waals surface area contributed by atoms with Gasteiger partial charge in [0.15, 0.2) is 0 Å². The Hall–Kier alpha value is -2.33. The van der Waals surface area contributed by atoms with Gasteiger partial charge in [0.05, 0.1) is 33.9 Å². The van der Waals surface area contributed by atoms with Crippen molar-refractivity contribution in [2.24, 2.45) is 5.92 Å². The van der Waals surface area contributed by atoms with E-state index < -0.39 is 0 Å². The lowest BCUT2D eigenvalue weighted by Gasteiger charge is -2.31. The van der Waals surface area contributed by atoms with Gasteiger partial charge in [0, 0.05) is 5.56 Å². The third kappa shape index (κ3) is 12.6. The number of carbonyl (C=O) groups excluding carboxylic acids is 1. The second kappa shape index (κ2) is 17.2. The van der Waals surface area contributed by atoms with Gasteiger partial charge < -0.3 is 14.0 Å². The van der Waals surface area contributed by atoms with Gasteiger partial charge in [-0.25, -0.2) is 0 Å². The normalized spacial score (nSPS) is 12.3. The molecule has 1 atom stereocenters. The van der Waals surface area contributed by atoms with Gasteiger partial charge in [-0.15, -0.1) is 0 Å². The van der Waals surface area contributed by atoms with E-state index in [0.29, 0.717) is 13.2 Å². The lowest BCUT2D eigenvalue weighted by atomic mass is 10.0. The summed E-state index contributed by atoms with van der Waals surface area (Å²) < 4.78 is 12.4. The summed E-state index contributed by atoms with van der Waals surface area (Å²) in [5.41, 5.74) is 2.59. The Balaban J connectivity index is 1.60. The summed E-state index contributed by atoms with van der Waals surface area (Å²) in [6, 6.07) is 18.8. The molecule has 2 rings (SSSR count). The van der Waals surface area contributed by atoms with Gasteiger partial charge in [0.2, 0.25) is 0 Å². The predicted octanol–water partition coefficient (Wildman–Crippen LogP) is 7.59. The Bertz CT molecular complexity index is 849.